The number of amides is 1. The molecule has 0 aliphatic carbocycles. The Morgan fingerprint density at radius 3 is 2.62 bits per heavy atom. The van der Waals surface area contributed by atoms with Gasteiger partial charge in [-0.25, -0.2) is 0 Å². The van der Waals surface area contributed by atoms with Crippen molar-refractivity contribution in [2.75, 3.05) is 11.9 Å². The van der Waals surface area contributed by atoms with Crippen LogP contribution in [0.4, 0.5) is 5.69 Å². The van der Waals surface area contributed by atoms with Gasteiger partial charge in [0.25, 0.3) is 0 Å². The molecule has 0 atom stereocenters. The van der Waals surface area contributed by atoms with Crippen LogP contribution in [0.25, 0.3) is 10.9 Å². The number of fused-ring (bicyclic) bond motifs is 1. The summed E-state index contributed by atoms with van der Waals surface area (Å²) in [6, 6.07) is 16.9. The number of ether oxygens (including phenoxy) is 1. The topological polar surface area (TPSA) is 60.3 Å². The summed E-state index contributed by atoms with van der Waals surface area (Å²) in [6.45, 7) is 2.61. The van der Waals surface area contributed by atoms with Gasteiger partial charge in [-0.05, 0) is 30.7 Å². The lowest BCUT2D eigenvalue weighted by Crippen LogP contribution is -2.16. The van der Waals surface area contributed by atoms with E-state index in [1.165, 1.54) is 0 Å². The summed E-state index contributed by atoms with van der Waals surface area (Å²) < 4.78 is 7.23. The molecule has 0 bridgehead atoms. The summed E-state index contributed by atoms with van der Waals surface area (Å²) in [7, 11) is 0. The summed E-state index contributed by atoms with van der Waals surface area (Å²) in [6.07, 6.45) is 2.90. The number of carbonyl (C=O) groups is 2. The van der Waals surface area contributed by atoms with Crippen LogP contribution < -0.4 is 10.1 Å². The van der Waals surface area contributed by atoms with Crippen LogP contribution in [0.3, 0.4) is 0 Å². The van der Waals surface area contributed by atoms with Crippen molar-refractivity contribution in [2.24, 2.45) is 0 Å². The number of rotatable bonds is 7. The largest absolute Gasteiger partial charge is 0.491 e. The average Bonchev–Trinajstić information content (AvgIpc) is 3.09. The first kappa shape index (κ1) is 17.7. The van der Waals surface area contributed by atoms with E-state index in [-0.39, 0.29) is 24.7 Å². The highest BCUT2D eigenvalue weighted by Gasteiger charge is 2.12. The maximum atomic E-state index is 12.4. The number of nitrogens with one attached hydrogen (secondary N) is 1. The minimum Gasteiger partial charge on any atom is -0.491 e. The summed E-state index contributed by atoms with van der Waals surface area (Å²) >= 11 is 0. The molecule has 5 nitrogen and oxygen atoms in total. The SMILES string of the molecule is CCCOc1ccccc1NC(=O)CCC(=O)n1ccc2ccccc21. The normalized spacial score (nSPS) is 10.7. The molecular formula is C21H22N2O3. The number of nitrogens with zero attached hydrogens (tertiary/aromatic N) is 1. The van der Waals surface area contributed by atoms with Crippen molar-refractivity contribution >= 4 is 28.4 Å². The first-order valence-electron chi connectivity index (χ1n) is 8.80. The Hall–Kier alpha value is -3.08. The second-order valence-electron chi connectivity index (χ2n) is 6.03. The van der Waals surface area contributed by atoms with E-state index in [0.717, 1.165) is 17.3 Å². The fourth-order valence-electron chi connectivity index (χ4n) is 2.76. The minimum absolute atomic E-state index is 0.100. The van der Waals surface area contributed by atoms with Crippen LogP contribution in [0.15, 0.2) is 60.8 Å². The van der Waals surface area contributed by atoms with E-state index in [9.17, 15) is 9.59 Å². The van der Waals surface area contributed by atoms with Gasteiger partial charge < -0.3 is 10.1 Å². The van der Waals surface area contributed by atoms with E-state index >= 15 is 0 Å². The van der Waals surface area contributed by atoms with Crippen LogP contribution >= 0.6 is 0 Å². The number of benzene rings is 2. The third kappa shape index (κ3) is 4.11. The predicted molar refractivity (Wildman–Crippen MR) is 103 cm³/mol. The van der Waals surface area contributed by atoms with Crippen LogP contribution in [-0.4, -0.2) is 23.0 Å². The number of para-hydroxylation sites is 3. The molecule has 26 heavy (non-hydrogen) atoms. The van der Waals surface area contributed by atoms with Gasteiger partial charge in [-0.15, -0.1) is 0 Å². The Labute approximate surface area is 152 Å². The molecule has 1 heterocycles. The van der Waals surface area contributed by atoms with Gasteiger partial charge in [-0.2, -0.15) is 0 Å². The quantitative estimate of drug-likeness (QED) is 0.683. The van der Waals surface area contributed by atoms with Crippen molar-refractivity contribution in [3.05, 3.63) is 60.8 Å². The predicted octanol–water partition coefficient (Wildman–Crippen LogP) is 4.49. The maximum Gasteiger partial charge on any atom is 0.231 e. The highest BCUT2D eigenvalue weighted by atomic mass is 16.5. The molecule has 1 N–H and O–H groups in total. The third-order valence-electron chi connectivity index (χ3n) is 4.06. The molecule has 1 aromatic heterocycles. The van der Waals surface area contributed by atoms with Crippen molar-refractivity contribution in [2.45, 2.75) is 26.2 Å². The Bertz CT molecular complexity index is 914. The Morgan fingerprint density at radius 1 is 1.00 bits per heavy atom. The lowest BCUT2D eigenvalue weighted by atomic mass is 10.2. The fraction of sp³-hybridized carbons (Fsp3) is 0.238. The molecule has 0 unspecified atom stereocenters. The Balaban J connectivity index is 1.60. The van der Waals surface area contributed by atoms with Crippen molar-refractivity contribution in [3.8, 4) is 5.75 Å². The summed E-state index contributed by atoms with van der Waals surface area (Å²) in [5.41, 5.74) is 1.49. The van der Waals surface area contributed by atoms with Gasteiger partial charge in [0.05, 0.1) is 17.8 Å². The number of anilines is 1. The standard InChI is InChI=1S/C21H22N2O3/c1-2-15-26-19-10-6-4-8-17(19)22-20(24)11-12-21(25)23-14-13-16-7-3-5-9-18(16)23/h3-10,13-14H,2,11-12,15H2,1H3,(H,22,24). The minimum atomic E-state index is -0.206. The zero-order valence-corrected chi connectivity index (χ0v) is 14.8. The van der Waals surface area contributed by atoms with Crippen molar-refractivity contribution < 1.29 is 14.3 Å². The highest BCUT2D eigenvalue weighted by Crippen LogP contribution is 2.24. The van der Waals surface area contributed by atoms with Crippen molar-refractivity contribution in [1.82, 2.24) is 4.57 Å². The van der Waals surface area contributed by atoms with E-state index in [1.54, 1.807) is 16.8 Å². The second kappa shape index (κ2) is 8.34. The molecule has 0 aliphatic heterocycles. The number of hydrogen-bond acceptors (Lipinski definition) is 3. The van der Waals surface area contributed by atoms with Crippen LogP contribution in [-0.2, 0) is 4.79 Å². The number of aromatic nitrogens is 1. The summed E-state index contributed by atoms with van der Waals surface area (Å²) in [4.78, 5) is 24.7. The highest BCUT2D eigenvalue weighted by molar-refractivity contribution is 5.97. The van der Waals surface area contributed by atoms with Gasteiger partial charge in [0.15, 0.2) is 0 Å². The molecule has 0 saturated heterocycles. The zero-order valence-electron chi connectivity index (χ0n) is 14.8. The van der Waals surface area contributed by atoms with E-state index in [0.29, 0.717) is 18.0 Å². The van der Waals surface area contributed by atoms with E-state index in [1.807, 2.05) is 55.5 Å². The number of hydrogen-bond donors (Lipinski definition) is 1. The molecule has 5 heteroatoms. The van der Waals surface area contributed by atoms with Gasteiger partial charge in [-0.3, -0.25) is 14.2 Å². The van der Waals surface area contributed by atoms with E-state index in [4.69, 9.17) is 4.74 Å². The molecule has 3 aromatic rings. The van der Waals surface area contributed by atoms with Gasteiger partial charge in [-0.1, -0.05) is 37.3 Å². The summed E-state index contributed by atoms with van der Waals surface area (Å²) in [5, 5.41) is 3.84. The van der Waals surface area contributed by atoms with E-state index < -0.39 is 0 Å². The Kier molecular flexibility index (Phi) is 5.69. The fourth-order valence-corrected chi connectivity index (χ4v) is 2.76. The molecule has 3 rings (SSSR count). The van der Waals surface area contributed by atoms with E-state index in [2.05, 4.69) is 5.32 Å². The smallest absolute Gasteiger partial charge is 0.231 e. The lowest BCUT2D eigenvalue weighted by molar-refractivity contribution is -0.116. The lowest BCUT2D eigenvalue weighted by Gasteiger charge is -2.12. The molecule has 0 radical (unpaired) electrons. The first-order chi connectivity index (χ1) is 12.7. The molecular weight excluding hydrogens is 328 g/mol. The molecule has 2 aromatic carbocycles. The van der Waals surface area contributed by atoms with Crippen molar-refractivity contribution in [1.29, 1.82) is 0 Å². The van der Waals surface area contributed by atoms with Crippen LogP contribution in [0, 0.1) is 0 Å². The summed E-state index contributed by atoms with van der Waals surface area (Å²) in [5.74, 6) is 0.338. The monoisotopic (exact) mass is 350 g/mol. The Morgan fingerprint density at radius 2 is 1.77 bits per heavy atom. The van der Waals surface area contributed by atoms with Crippen LogP contribution in [0.5, 0.6) is 5.75 Å². The maximum absolute atomic E-state index is 12.4. The first-order valence-corrected chi connectivity index (χ1v) is 8.80. The van der Waals surface area contributed by atoms with Gasteiger partial charge in [0.2, 0.25) is 11.8 Å². The van der Waals surface area contributed by atoms with Crippen LogP contribution in [0.2, 0.25) is 0 Å². The number of carbonyl (C=O) groups excluding carboxylic acids is 2. The van der Waals surface area contributed by atoms with Gasteiger partial charge in [0, 0.05) is 24.4 Å². The van der Waals surface area contributed by atoms with Gasteiger partial charge >= 0.3 is 0 Å². The molecule has 0 aliphatic rings. The molecule has 1 amide bonds. The van der Waals surface area contributed by atoms with Gasteiger partial charge in [0.1, 0.15) is 5.75 Å². The molecule has 0 saturated carbocycles. The molecule has 134 valence electrons. The molecule has 0 spiro atoms. The average molecular weight is 350 g/mol. The molecule has 0 fully saturated rings. The zero-order chi connectivity index (χ0) is 18.4. The van der Waals surface area contributed by atoms with Crippen LogP contribution in [0.1, 0.15) is 31.0 Å². The van der Waals surface area contributed by atoms with Crippen molar-refractivity contribution in [3.63, 3.8) is 0 Å². The second-order valence-corrected chi connectivity index (χ2v) is 6.03. The third-order valence-corrected chi connectivity index (χ3v) is 4.06.